The molecule has 0 saturated heterocycles. The first kappa shape index (κ1) is 16.9. The van der Waals surface area contributed by atoms with Crippen LogP contribution in [0.15, 0.2) is 18.2 Å². The molecule has 0 radical (unpaired) electrons. The van der Waals surface area contributed by atoms with Gasteiger partial charge in [0.25, 0.3) is 5.91 Å². The quantitative estimate of drug-likeness (QED) is 0.609. The molecule has 1 rings (SSSR count). The zero-order valence-electron chi connectivity index (χ0n) is 9.69. The van der Waals surface area contributed by atoms with Crippen LogP contribution in [-0.4, -0.2) is 62.1 Å². The summed E-state index contributed by atoms with van der Waals surface area (Å²) in [6, 6.07) is 4.12. The predicted molar refractivity (Wildman–Crippen MR) is 58.6 cm³/mol. The monoisotopic (exact) mass is 275 g/mol. The van der Waals surface area contributed by atoms with Crippen molar-refractivity contribution in [3.8, 4) is 0 Å². The van der Waals surface area contributed by atoms with Crippen LogP contribution in [0.1, 0.15) is 26.3 Å². The smallest absolute Gasteiger partial charge is 0.548 e. The largest absolute Gasteiger partial charge is 2.00 e. The number of hydrogen-bond donors (Lipinski definition) is 1. The Morgan fingerprint density at radius 1 is 1.17 bits per heavy atom. The molecule has 1 N–H and O–H groups in total. The van der Waals surface area contributed by atoms with Crippen molar-refractivity contribution < 1.29 is 24.6 Å². The molecule has 0 atom stereocenters. The summed E-state index contributed by atoms with van der Waals surface area (Å²) in [6.07, 6.45) is 0. The molecule has 18 heavy (non-hydrogen) atoms. The Labute approximate surface area is 133 Å². The van der Waals surface area contributed by atoms with Crippen LogP contribution < -0.4 is 15.5 Å². The van der Waals surface area contributed by atoms with E-state index < -0.39 is 24.4 Å². The third-order valence-electron chi connectivity index (χ3n) is 2.03. The zero-order chi connectivity index (χ0) is 13.0. The summed E-state index contributed by atoms with van der Waals surface area (Å²) in [5, 5.41) is 23.0. The molecule has 0 spiro atoms. The van der Waals surface area contributed by atoms with Crippen molar-refractivity contribution in [3.05, 3.63) is 34.9 Å². The average Bonchev–Trinajstić information content (AvgIpc) is 2.25. The predicted octanol–water partition coefficient (Wildman–Crippen LogP) is -2.54. The van der Waals surface area contributed by atoms with E-state index >= 15 is 0 Å². The maximum absolute atomic E-state index is 11.5. The summed E-state index contributed by atoms with van der Waals surface area (Å²) in [4.78, 5) is 32.4. The molecule has 0 bridgehead atoms. The fourth-order valence-electron chi connectivity index (χ4n) is 1.27. The summed E-state index contributed by atoms with van der Waals surface area (Å²) < 4.78 is 0. The van der Waals surface area contributed by atoms with Crippen LogP contribution >= 0.6 is 0 Å². The van der Waals surface area contributed by atoms with Gasteiger partial charge in [-0.05, 0) is 19.1 Å². The molecule has 0 aliphatic rings. The minimum absolute atomic E-state index is 0. The van der Waals surface area contributed by atoms with Gasteiger partial charge in [0.05, 0.1) is 18.5 Å². The Kier molecular flexibility index (Phi) is 6.90. The van der Waals surface area contributed by atoms with Gasteiger partial charge >= 0.3 is 37.7 Å². The standard InChI is InChI=1S/C11H11NO5.Ca/c1-6-2-3-7(8(4-6)11(16)17)10(15)12-5-9(13)14;/h2-4H,5H2,1H3,(H,12,15)(H,13,14)(H,16,17);/q;+2/p-2. The molecule has 1 aromatic rings. The van der Waals surface area contributed by atoms with Gasteiger partial charge in [0.1, 0.15) is 0 Å². The number of rotatable bonds is 4. The Hall–Kier alpha value is -1.11. The van der Waals surface area contributed by atoms with Crippen molar-refractivity contribution in [3.63, 3.8) is 0 Å². The first-order valence-corrected chi connectivity index (χ1v) is 4.72. The SMILES string of the molecule is Cc1ccc(C(=O)NCC(=O)[O-])c(C(=O)[O-])c1.[Ca+2]. The Bertz CT molecular complexity index is 486. The number of hydrogen-bond acceptors (Lipinski definition) is 5. The van der Waals surface area contributed by atoms with Gasteiger partial charge in [-0.25, -0.2) is 0 Å². The van der Waals surface area contributed by atoms with Gasteiger partial charge in [0, 0.05) is 11.1 Å². The van der Waals surface area contributed by atoms with Gasteiger partial charge in [-0.15, -0.1) is 0 Å². The van der Waals surface area contributed by atoms with E-state index in [1.165, 1.54) is 12.1 Å². The van der Waals surface area contributed by atoms with Crippen molar-refractivity contribution in [2.75, 3.05) is 6.54 Å². The molecule has 0 fully saturated rings. The second-order valence-electron chi connectivity index (χ2n) is 3.39. The molecule has 0 aliphatic carbocycles. The number of aryl methyl sites for hydroxylation is 1. The van der Waals surface area contributed by atoms with Crippen molar-refractivity contribution in [1.82, 2.24) is 5.32 Å². The van der Waals surface area contributed by atoms with Crippen LogP contribution in [0.25, 0.3) is 0 Å². The van der Waals surface area contributed by atoms with Crippen LogP contribution in [0.4, 0.5) is 0 Å². The van der Waals surface area contributed by atoms with E-state index in [4.69, 9.17) is 0 Å². The van der Waals surface area contributed by atoms with E-state index in [0.717, 1.165) is 0 Å². The molecule has 0 heterocycles. The first-order chi connectivity index (χ1) is 7.91. The number of carbonyl (C=O) groups is 3. The molecule has 7 heteroatoms. The topological polar surface area (TPSA) is 109 Å². The van der Waals surface area contributed by atoms with E-state index in [2.05, 4.69) is 0 Å². The number of nitrogens with one attached hydrogen (secondary N) is 1. The molecule has 1 amide bonds. The number of carboxylic acids is 2. The van der Waals surface area contributed by atoms with Crippen molar-refractivity contribution in [2.45, 2.75) is 6.92 Å². The molecule has 0 aromatic heterocycles. The summed E-state index contributed by atoms with van der Waals surface area (Å²) in [7, 11) is 0. The molecule has 0 aliphatic heterocycles. The number of carbonyl (C=O) groups excluding carboxylic acids is 3. The third kappa shape index (κ3) is 4.64. The molecular weight excluding hydrogens is 266 g/mol. The van der Waals surface area contributed by atoms with Gasteiger partial charge in [-0.3, -0.25) is 4.79 Å². The number of carboxylic acid groups (broad SMARTS) is 2. The molecule has 6 nitrogen and oxygen atoms in total. The van der Waals surface area contributed by atoms with Crippen LogP contribution in [0.2, 0.25) is 0 Å². The number of aromatic carboxylic acids is 1. The van der Waals surface area contributed by atoms with Gasteiger partial charge < -0.3 is 25.1 Å². The second-order valence-corrected chi connectivity index (χ2v) is 3.39. The van der Waals surface area contributed by atoms with Gasteiger partial charge in [0.15, 0.2) is 0 Å². The van der Waals surface area contributed by atoms with E-state index in [1.54, 1.807) is 13.0 Å². The Morgan fingerprint density at radius 2 is 1.78 bits per heavy atom. The number of benzene rings is 1. The third-order valence-corrected chi connectivity index (χ3v) is 2.03. The van der Waals surface area contributed by atoms with Gasteiger partial charge in [-0.1, -0.05) is 11.6 Å². The fraction of sp³-hybridized carbons (Fsp3) is 0.182. The summed E-state index contributed by atoms with van der Waals surface area (Å²) in [5.41, 5.74) is 0.235. The summed E-state index contributed by atoms with van der Waals surface area (Å²) in [6.45, 7) is 0.981. The van der Waals surface area contributed by atoms with Crippen LogP contribution in [0.5, 0.6) is 0 Å². The fourth-order valence-corrected chi connectivity index (χ4v) is 1.27. The minimum Gasteiger partial charge on any atom is -0.548 e. The zero-order valence-corrected chi connectivity index (χ0v) is 11.9. The van der Waals surface area contributed by atoms with Crippen LogP contribution in [0, 0.1) is 6.92 Å². The summed E-state index contributed by atoms with van der Waals surface area (Å²) in [5.74, 6) is -3.75. The molecule has 0 unspecified atom stereocenters. The molecular formula is C11H9CaNO5. The van der Waals surface area contributed by atoms with Crippen molar-refractivity contribution in [1.29, 1.82) is 0 Å². The minimum atomic E-state index is -1.49. The maximum atomic E-state index is 11.5. The van der Waals surface area contributed by atoms with Gasteiger partial charge in [-0.2, -0.15) is 0 Å². The normalized spacial score (nSPS) is 9.17. The van der Waals surface area contributed by atoms with E-state index in [1.807, 2.05) is 5.32 Å². The average molecular weight is 275 g/mol. The second kappa shape index (κ2) is 7.35. The van der Waals surface area contributed by atoms with E-state index in [9.17, 15) is 24.6 Å². The van der Waals surface area contributed by atoms with Crippen molar-refractivity contribution in [2.24, 2.45) is 0 Å². The molecule has 0 saturated carbocycles. The van der Waals surface area contributed by atoms with Crippen LogP contribution in [-0.2, 0) is 4.79 Å². The summed E-state index contributed by atoms with van der Waals surface area (Å²) >= 11 is 0. The van der Waals surface area contributed by atoms with E-state index in [-0.39, 0.29) is 48.9 Å². The first-order valence-electron chi connectivity index (χ1n) is 4.72. The van der Waals surface area contributed by atoms with Crippen molar-refractivity contribution >= 4 is 55.6 Å². The van der Waals surface area contributed by atoms with Gasteiger partial charge in [0.2, 0.25) is 0 Å². The number of aliphatic carboxylic acids is 1. The Balaban J connectivity index is 0.00000289. The maximum Gasteiger partial charge on any atom is 2.00 e. The van der Waals surface area contributed by atoms with E-state index in [0.29, 0.717) is 5.56 Å². The number of amides is 1. The molecule has 90 valence electrons. The van der Waals surface area contributed by atoms with Crippen LogP contribution in [0.3, 0.4) is 0 Å². The molecule has 1 aromatic carbocycles. The Morgan fingerprint density at radius 3 is 2.28 bits per heavy atom.